The van der Waals surface area contributed by atoms with Crippen molar-refractivity contribution in [2.45, 2.75) is 13.3 Å². The highest BCUT2D eigenvalue weighted by Crippen LogP contribution is 2.37. The molecule has 1 unspecified atom stereocenters. The van der Waals surface area contributed by atoms with Crippen LogP contribution >= 0.6 is 8.38 Å². The molecule has 0 bridgehead atoms. The maximum Gasteiger partial charge on any atom is 0.351 e. The molecule has 1 atom stereocenters. The predicted octanol–water partition coefficient (Wildman–Crippen LogP) is 3.22. The first kappa shape index (κ1) is 22.0. The molecule has 28 heavy (non-hydrogen) atoms. The Kier molecular flexibility index (Phi) is 8.60. The number of hydrogen-bond acceptors (Lipinski definition) is 8. The van der Waals surface area contributed by atoms with Crippen molar-refractivity contribution in [3.05, 3.63) is 51.9 Å². The Balaban J connectivity index is 1.95. The molecule has 9 heteroatoms. The summed E-state index contributed by atoms with van der Waals surface area (Å²) < 4.78 is 25.9. The summed E-state index contributed by atoms with van der Waals surface area (Å²) in [6.45, 7) is 1.48. The molecule has 2 aromatic rings. The molecule has 1 aromatic heterocycles. The van der Waals surface area contributed by atoms with Crippen molar-refractivity contribution in [3.63, 3.8) is 0 Å². The number of benzene rings is 1. The van der Waals surface area contributed by atoms with Crippen molar-refractivity contribution >= 4 is 25.3 Å². The van der Waals surface area contributed by atoms with Gasteiger partial charge in [-0.3, -0.25) is 4.52 Å². The molecule has 0 radical (unpaired) electrons. The number of aliphatic hydroxyl groups is 1. The summed E-state index contributed by atoms with van der Waals surface area (Å²) in [5.41, 5.74) is 0.151. The van der Waals surface area contributed by atoms with Crippen LogP contribution in [-0.2, 0) is 13.8 Å². The molecular weight excluding hydrogens is 387 g/mol. The van der Waals surface area contributed by atoms with Gasteiger partial charge in [-0.25, -0.2) is 9.59 Å². The second-order valence-electron chi connectivity index (χ2n) is 5.77. The fraction of sp³-hybridized carbons (Fsp3) is 0.368. The average molecular weight is 410 g/mol. The number of fused-ring (bicyclic) bond motifs is 1. The zero-order chi connectivity index (χ0) is 20.5. The maximum absolute atomic E-state index is 12.2. The van der Waals surface area contributed by atoms with Crippen molar-refractivity contribution in [1.29, 1.82) is 0 Å². The van der Waals surface area contributed by atoms with Gasteiger partial charge in [0.25, 0.3) is 0 Å². The number of methoxy groups -OCH3 is 1. The van der Waals surface area contributed by atoms with Crippen molar-refractivity contribution < 1.29 is 32.8 Å². The summed E-state index contributed by atoms with van der Waals surface area (Å²) in [6.07, 6.45) is 3.14. The van der Waals surface area contributed by atoms with E-state index >= 15 is 0 Å². The molecule has 0 aliphatic heterocycles. The van der Waals surface area contributed by atoms with Crippen LogP contribution in [0.2, 0.25) is 0 Å². The van der Waals surface area contributed by atoms with Gasteiger partial charge in [0.15, 0.2) is 15.2 Å². The van der Waals surface area contributed by atoms with Gasteiger partial charge < -0.3 is 23.5 Å². The lowest BCUT2D eigenvalue weighted by Crippen LogP contribution is -2.17. The monoisotopic (exact) mass is 410 g/mol. The number of esters is 1. The van der Waals surface area contributed by atoms with Gasteiger partial charge in [0, 0.05) is 24.7 Å². The third kappa shape index (κ3) is 6.14. The van der Waals surface area contributed by atoms with Crippen molar-refractivity contribution in [2.24, 2.45) is 0 Å². The van der Waals surface area contributed by atoms with Gasteiger partial charge in [0.05, 0.1) is 13.7 Å². The Hall–Kier alpha value is -2.25. The fourth-order valence-corrected chi connectivity index (χ4v) is 3.19. The third-order valence-electron chi connectivity index (χ3n) is 3.81. The quantitative estimate of drug-likeness (QED) is 0.209. The van der Waals surface area contributed by atoms with E-state index in [1.54, 1.807) is 18.2 Å². The summed E-state index contributed by atoms with van der Waals surface area (Å²) >= 11 is 0. The van der Waals surface area contributed by atoms with E-state index in [1.165, 1.54) is 20.3 Å². The van der Waals surface area contributed by atoms with E-state index in [4.69, 9.17) is 28.0 Å². The van der Waals surface area contributed by atoms with Gasteiger partial charge in [0.2, 0.25) is 0 Å². The molecule has 0 saturated carbocycles. The van der Waals surface area contributed by atoms with Crippen LogP contribution in [0, 0.1) is 0 Å². The number of allylic oxidation sites excluding steroid dienone is 1. The molecule has 0 saturated heterocycles. The number of carbonyl (C=O) groups excluding carboxylic acids is 1. The van der Waals surface area contributed by atoms with Gasteiger partial charge in [-0.15, -0.1) is 0 Å². The average Bonchev–Trinajstić information content (AvgIpc) is 2.71. The number of hydrogen-bond donors (Lipinski definition) is 1. The van der Waals surface area contributed by atoms with Crippen LogP contribution in [0.15, 0.2) is 45.1 Å². The molecule has 1 N–H and O–H groups in total. The highest BCUT2D eigenvalue weighted by Gasteiger charge is 2.17. The Morgan fingerprint density at radius 1 is 1.29 bits per heavy atom. The number of aliphatic hydroxyl groups excluding tert-OH is 1. The Bertz CT molecular complexity index is 889. The van der Waals surface area contributed by atoms with Crippen LogP contribution in [0.1, 0.15) is 23.7 Å². The minimum Gasteiger partial charge on any atom is -0.497 e. The molecule has 0 spiro atoms. The molecule has 1 aromatic carbocycles. The maximum atomic E-state index is 12.2. The van der Waals surface area contributed by atoms with Crippen molar-refractivity contribution in [2.75, 3.05) is 33.8 Å². The van der Waals surface area contributed by atoms with Crippen molar-refractivity contribution in [1.82, 2.24) is 0 Å². The highest BCUT2D eigenvalue weighted by molar-refractivity contribution is 7.47. The van der Waals surface area contributed by atoms with Crippen LogP contribution in [0.5, 0.6) is 5.75 Å². The molecule has 2 rings (SSSR count). The third-order valence-corrected chi connectivity index (χ3v) is 5.23. The Morgan fingerprint density at radius 2 is 2.07 bits per heavy atom. The van der Waals surface area contributed by atoms with Crippen LogP contribution in [0.25, 0.3) is 11.0 Å². The summed E-state index contributed by atoms with van der Waals surface area (Å²) in [6, 6.07) is 6.34. The number of carbonyl (C=O) groups is 1. The lowest BCUT2D eigenvalue weighted by molar-refractivity contribution is 0.0149. The highest BCUT2D eigenvalue weighted by atomic mass is 31.2. The summed E-state index contributed by atoms with van der Waals surface area (Å²) in [7, 11) is 1.75. The minimum absolute atomic E-state index is 0.00446. The van der Waals surface area contributed by atoms with Crippen LogP contribution in [0.3, 0.4) is 0 Å². The van der Waals surface area contributed by atoms with Crippen molar-refractivity contribution in [3.8, 4) is 5.75 Å². The van der Waals surface area contributed by atoms with E-state index in [0.717, 1.165) is 5.57 Å². The molecule has 1 heterocycles. The molecule has 0 aliphatic rings. The smallest absolute Gasteiger partial charge is 0.351 e. The molecule has 0 amide bonds. The van der Waals surface area contributed by atoms with E-state index in [2.05, 4.69) is 0 Å². The minimum atomic E-state index is -1.25. The number of rotatable bonds is 10. The standard InChI is InChI=1S/C19H23O8P/c1-13(11-20)5-4-8-28(24-3)26-12-25-18(21)16-9-14-6-7-15(23-2)10-17(14)27-19(16)22/h5-7,9-10,20H,4,8,11-12H2,1-3H3/b13-5+. The van der Waals surface area contributed by atoms with E-state index in [9.17, 15) is 9.59 Å². The van der Waals surface area contributed by atoms with E-state index in [0.29, 0.717) is 29.3 Å². The molecule has 152 valence electrons. The molecule has 8 nitrogen and oxygen atoms in total. The molecular formula is C19H23O8P. The summed E-state index contributed by atoms with van der Waals surface area (Å²) in [5.74, 6) is -0.301. The normalized spacial score (nSPS) is 12.8. The largest absolute Gasteiger partial charge is 0.497 e. The zero-order valence-electron chi connectivity index (χ0n) is 16.0. The van der Waals surface area contributed by atoms with Gasteiger partial charge in [0.1, 0.15) is 16.9 Å². The second-order valence-corrected chi connectivity index (χ2v) is 7.50. The van der Waals surface area contributed by atoms with Crippen LogP contribution < -0.4 is 10.4 Å². The first-order chi connectivity index (χ1) is 13.5. The zero-order valence-corrected chi connectivity index (χ0v) is 16.9. The predicted molar refractivity (Wildman–Crippen MR) is 105 cm³/mol. The fourth-order valence-electron chi connectivity index (χ4n) is 2.27. The number of ether oxygens (including phenoxy) is 2. The first-order valence-electron chi connectivity index (χ1n) is 8.48. The van der Waals surface area contributed by atoms with Gasteiger partial charge in [-0.05, 0) is 31.5 Å². The van der Waals surface area contributed by atoms with E-state index < -0.39 is 20.0 Å². The van der Waals surface area contributed by atoms with Gasteiger partial charge in [-0.2, -0.15) is 0 Å². The molecule has 0 fully saturated rings. The SMILES string of the molecule is COc1ccc2cc(C(=O)OCOP(CC/C=C(\C)CO)OC)c(=O)oc2c1. The second kappa shape index (κ2) is 10.9. The Morgan fingerprint density at radius 3 is 2.75 bits per heavy atom. The lowest BCUT2D eigenvalue weighted by Gasteiger charge is -2.14. The van der Waals surface area contributed by atoms with Crippen LogP contribution in [0.4, 0.5) is 0 Å². The van der Waals surface area contributed by atoms with E-state index in [1.807, 2.05) is 13.0 Å². The van der Waals surface area contributed by atoms with Gasteiger partial charge in [-0.1, -0.05) is 11.6 Å². The first-order valence-corrected chi connectivity index (χ1v) is 9.84. The summed E-state index contributed by atoms with van der Waals surface area (Å²) in [4.78, 5) is 24.3. The van der Waals surface area contributed by atoms with Crippen LogP contribution in [-0.4, -0.2) is 44.9 Å². The summed E-state index contributed by atoms with van der Waals surface area (Å²) in [5, 5.41) is 9.53. The van der Waals surface area contributed by atoms with Gasteiger partial charge >= 0.3 is 11.6 Å². The van der Waals surface area contributed by atoms with E-state index in [-0.39, 0.29) is 19.0 Å². The lowest BCUT2D eigenvalue weighted by atomic mass is 10.2. The Labute approximate surface area is 163 Å². The topological polar surface area (TPSA) is 104 Å². The molecule has 0 aliphatic carbocycles.